The number of nitrogens with zero attached hydrogens (tertiary/aromatic N) is 1. The normalized spacial score (nSPS) is 21.7. The molecular formula is C13H22N2S. The number of likely N-dealkylation sites (N-methyl/N-ethyl adjacent to an activating group) is 1. The zero-order chi connectivity index (χ0) is 11.2. The van der Waals surface area contributed by atoms with Gasteiger partial charge in [0.2, 0.25) is 0 Å². The minimum absolute atomic E-state index is 0.778. The molecule has 1 unspecified atom stereocenters. The van der Waals surface area contributed by atoms with E-state index in [1.165, 1.54) is 43.8 Å². The topological polar surface area (TPSA) is 15.3 Å². The summed E-state index contributed by atoms with van der Waals surface area (Å²) in [7, 11) is 0. The first-order chi connectivity index (χ1) is 7.90. The Morgan fingerprint density at radius 3 is 3.25 bits per heavy atom. The molecule has 0 saturated carbocycles. The van der Waals surface area contributed by atoms with Gasteiger partial charge in [-0.1, -0.05) is 13.0 Å². The van der Waals surface area contributed by atoms with Crippen molar-refractivity contribution >= 4 is 11.3 Å². The van der Waals surface area contributed by atoms with Crippen LogP contribution in [0.4, 0.5) is 0 Å². The van der Waals surface area contributed by atoms with Gasteiger partial charge in [0, 0.05) is 24.0 Å². The second-order valence-electron chi connectivity index (χ2n) is 4.47. The molecular weight excluding hydrogens is 216 g/mol. The minimum atomic E-state index is 0.778. The van der Waals surface area contributed by atoms with Crippen molar-refractivity contribution in [2.24, 2.45) is 0 Å². The SMILES string of the molecule is CCNCC1CCCN1CCc1cccs1. The summed E-state index contributed by atoms with van der Waals surface area (Å²) < 4.78 is 0. The molecule has 1 aliphatic rings. The lowest BCUT2D eigenvalue weighted by Crippen LogP contribution is -2.38. The van der Waals surface area contributed by atoms with Crippen LogP contribution in [0.5, 0.6) is 0 Å². The van der Waals surface area contributed by atoms with Gasteiger partial charge in [-0.15, -0.1) is 11.3 Å². The average Bonchev–Trinajstić information content (AvgIpc) is 2.94. The van der Waals surface area contributed by atoms with Crippen LogP contribution in [0.3, 0.4) is 0 Å². The Labute approximate surface area is 103 Å². The second kappa shape index (κ2) is 6.38. The van der Waals surface area contributed by atoms with Crippen molar-refractivity contribution < 1.29 is 0 Å². The van der Waals surface area contributed by atoms with E-state index in [0.717, 1.165) is 12.6 Å². The van der Waals surface area contributed by atoms with Crippen molar-refractivity contribution in [1.82, 2.24) is 10.2 Å². The molecule has 1 aromatic heterocycles. The molecule has 0 aromatic carbocycles. The lowest BCUT2D eigenvalue weighted by atomic mass is 10.2. The standard InChI is InChI=1S/C13H22N2S/c1-2-14-11-12-5-3-8-15(12)9-7-13-6-4-10-16-13/h4,6,10,12,14H,2-3,5,7-9,11H2,1H3. The molecule has 1 saturated heterocycles. The second-order valence-corrected chi connectivity index (χ2v) is 5.50. The Bertz CT molecular complexity index is 284. The molecule has 2 rings (SSSR count). The fraction of sp³-hybridized carbons (Fsp3) is 0.692. The highest BCUT2D eigenvalue weighted by atomic mass is 32.1. The van der Waals surface area contributed by atoms with E-state index in [9.17, 15) is 0 Å². The molecule has 0 bridgehead atoms. The molecule has 0 spiro atoms. The third-order valence-electron chi connectivity index (χ3n) is 3.35. The van der Waals surface area contributed by atoms with Crippen molar-refractivity contribution in [2.75, 3.05) is 26.2 Å². The van der Waals surface area contributed by atoms with Crippen LogP contribution < -0.4 is 5.32 Å². The van der Waals surface area contributed by atoms with Crippen LogP contribution in [-0.4, -0.2) is 37.1 Å². The summed E-state index contributed by atoms with van der Waals surface area (Å²) in [5, 5.41) is 5.65. The summed E-state index contributed by atoms with van der Waals surface area (Å²) in [6.07, 6.45) is 3.97. The zero-order valence-corrected chi connectivity index (χ0v) is 10.9. The van der Waals surface area contributed by atoms with Gasteiger partial charge in [0.05, 0.1) is 0 Å². The molecule has 3 heteroatoms. The molecule has 2 nitrogen and oxygen atoms in total. The fourth-order valence-corrected chi connectivity index (χ4v) is 3.14. The highest BCUT2D eigenvalue weighted by molar-refractivity contribution is 7.09. The van der Waals surface area contributed by atoms with Gasteiger partial charge in [-0.05, 0) is 43.8 Å². The van der Waals surface area contributed by atoms with E-state index in [1.807, 2.05) is 11.3 Å². The number of thiophene rings is 1. The largest absolute Gasteiger partial charge is 0.315 e. The van der Waals surface area contributed by atoms with Gasteiger partial charge >= 0.3 is 0 Å². The molecule has 2 heterocycles. The maximum atomic E-state index is 3.47. The van der Waals surface area contributed by atoms with Crippen molar-refractivity contribution in [1.29, 1.82) is 0 Å². The monoisotopic (exact) mass is 238 g/mol. The van der Waals surface area contributed by atoms with Crippen LogP contribution >= 0.6 is 11.3 Å². The summed E-state index contributed by atoms with van der Waals surface area (Å²) in [6.45, 7) is 6.97. The van der Waals surface area contributed by atoms with E-state index in [4.69, 9.17) is 0 Å². The molecule has 1 fully saturated rings. The molecule has 0 aliphatic carbocycles. The smallest absolute Gasteiger partial charge is 0.0221 e. The van der Waals surface area contributed by atoms with Crippen LogP contribution in [0.2, 0.25) is 0 Å². The third kappa shape index (κ3) is 3.30. The summed E-state index contributed by atoms with van der Waals surface area (Å²) in [5.74, 6) is 0. The number of hydrogen-bond acceptors (Lipinski definition) is 3. The van der Waals surface area contributed by atoms with Crippen LogP contribution in [-0.2, 0) is 6.42 Å². The maximum absolute atomic E-state index is 3.47. The van der Waals surface area contributed by atoms with E-state index in [0.29, 0.717) is 0 Å². The minimum Gasteiger partial charge on any atom is -0.315 e. The van der Waals surface area contributed by atoms with E-state index in [1.54, 1.807) is 0 Å². The lowest BCUT2D eigenvalue weighted by molar-refractivity contribution is 0.252. The summed E-state index contributed by atoms with van der Waals surface area (Å²) in [6, 6.07) is 5.18. The van der Waals surface area contributed by atoms with E-state index in [-0.39, 0.29) is 0 Å². The van der Waals surface area contributed by atoms with Crippen LogP contribution in [0.15, 0.2) is 17.5 Å². The number of likely N-dealkylation sites (tertiary alicyclic amines) is 1. The molecule has 0 amide bonds. The summed E-state index contributed by atoms with van der Waals surface area (Å²) >= 11 is 1.88. The Hall–Kier alpha value is -0.380. The van der Waals surface area contributed by atoms with Gasteiger partial charge in [0.15, 0.2) is 0 Å². The molecule has 16 heavy (non-hydrogen) atoms. The first-order valence-corrected chi connectivity index (χ1v) is 7.25. The first kappa shape index (κ1) is 12.1. The Morgan fingerprint density at radius 1 is 1.56 bits per heavy atom. The Kier molecular flexibility index (Phi) is 4.82. The number of rotatable bonds is 6. The molecule has 0 radical (unpaired) electrons. The number of hydrogen-bond donors (Lipinski definition) is 1. The van der Waals surface area contributed by atoms with Crippen molar-refractivity contribution in [3.63, 3.8) is 0 Å². The average molecular weight is 238 g/mol. The van der Waals surface area contributed by atoms with Gasteiger partial charge in [0.25, 0.3) is 0 Å². The number of nitrogens with one attached hydrogen (secondary N) is 1. The quantitative estimate of drug-likeness (QED) is 0.818. The highest BCUT2D eigenvalue weighted by Crippen LogP contribution is 2.18. The van der Waals surface area contributed by atoms with Gasteiger partial charge in [0.1, 0.15) is 0 Å². The molecule has 1 aromatic rings. The lowest BCUT2D eigenvalue weighted by Gasteiger charge is -2.24. The van der Waals surface area contributed by atoms with E-state index < -0.39 is 0 Å². The van der Waals surface area contributed by atoms with Gasteiger partial charge in [-0.3, -0.25) is 4.90 Å². The zero-order valence-electron chi connectivity index (χ0n) is 10.1. The fourth-order valence-electron chi connectivity index (χ4n) is 2.44. The van der Waals surface area contributed by atoms with Crippen molar-refractivity contribution in [2.45, 2.75) is 32.2 Å². The third-order valence-corrected chi connectivity index (χ3v) is 4.29. The Balaban J connectivity index is 1.75. The summed E-state index contributed by atoms with van der Waals surface area (Å²) in [5.41, 5.74) is 0. The van der Waals surface area contributed by atoms with Crippen molar-refractivity contribution in [3.8, 4) is 0 Å². The van der Waals surface area contributed by atoms with Crippen LogP contribution in [0.25, 0.3) is 0 Å². The molecule has 1 atom stereocenters. The predicted octanol–water partition coefficient (Wildman–Crippen LogP) is 2.36. The van der Waals surface area contributed by atoms with E-state index in [2.05, 4.69) is 34.7 Å². The van der Waals surface area contributed by atoms with Crippen molar-refractivity contribution in [3.05, 3.63) is 22.4 Å². The van der Waals surface area contributed by atoms with Gasteiger partial charge in [-0.2, -0.15) is 0 Å². The molecule has 1 aliphatic heterocycles. The summed E-state index contributed by atoms with van der Waals surface area (Å²) in [4.78, 5) is 4.18. The van der Waals surface area contributed by atoms with Gasteiger partial charge in [-0.25, -0.2) is 0 Å². The molecule has 1 N–H and O–H groups in total. The van der Waals surface area contributed by atoms with Crippen LogP contribution in [0, 0.1) is 0 Å². The molecule has 90 valence electrons. The van der Waals surface area contributed by atoms with Crippen LogP contribution in [0.1, 0.15) is 24.6 Å². The van der Waals surface area contributed by atoms with E-state index >= 15 is 0 Å². The predicted molar refractivity (Wildman–Crippen MR) is 71.2 cm³/mol. The van der Waals surface area contributed by atoms with Gasteiger partial charge < -0.3 is 5.32 Å². The first-order valence-electron chi connectivity index (χ1n) is 6.37. The Morgan fingerprint density at radius 2 is 2.50 bits per heavy atom. The highest BCUT2D eigenvalue weighted by Gasteiger charge is 2.23. The maximum Gasteiger partial charge on any atom is 0.0221 e.